The number of carbonyl (C=O) groups is 1. The predicted molar refractivity (Wildman–Crippen MR) is 80.7 cm³/mol. The molecule has 0 saturated heterocycles. The van der Waals surface area contributed by atoms with Gasteiger partial charge in [0.2, 0.25) is 5.91 Å². The van der Waals surface area contributed by atoms with Crippen molar-refractivity contribution < 1.29 is 4.79 Å². The third-order valence-corrected chi connectivity index (χ3v) is 3.78. The quantitative estimate of drug-likeness (QED) is 0.877. The predicted octanol–water partition coefficient (Wildman–Crippen LogP) is 2.82. The molecule has 2 N–H and O–H groups in total. The first-order valence-corrected chi connectivity index (χ1v) is 6.91. The highest BCUT2D eigenvalue weighted by atomic mass is 16.1. The van der Waals surface area contributed by atoms with Crippen molar-refractivity contribution in [2.45, 2.75) is 19.4 Å². The lowest BCUT2D eigenvalue weighted by atomic mass is 9.86. The molecule has 0 aromatic heterocycles. The van der Waals surface area contributed by atoms with E-state index in [2.05, 4.69) is 29.7 Å². The normalized spacial score (nSPS) is 17.4. The molecular formula is C17H18N2O. The number of rotatable bonds is 2. The van der Waals surface area contributed by atoms with E-state index in [4.69, 9.17) is 0 Å². The fourth-order valence-corrected chi connectivity index (χ4v) is 2.82. The Hall–Kier alpha value is -2.13. The Morgan fingerprint density at radius 2 is 1.95 bits per heavy atom. The molecule has 3 nitrogen and oxygen atoms in total. The number of para-hydroxylation sites is 1. The van der Waals surface area contributed by atoms with Gasteiger partial charge in [-0.05, 0) is 35.7 Å². The van der Waals surface area contributed by atoms with E-state index in [0.29, 0.717) is 6.54 Å². The minimum Gasteiger partial charge on any atom is -0.326 e. The Bertz CT molecular complexity index is 622. The second-order valence-corrected chi connectivity index (χ2v) is 5.19. The molecule has 1 heterocycles. The van der Waals surface area contributed by atoms with Gasteiger partial charge in [-0.2, -0.15) is 0 Å². The van der Waals surface area contributed by atoms with Crippen LogP contribution in [-0.4, -0.2) is 12.5 Å². The van der Waals surface area contributed by atoms with Gasteiger partial charge in [0, 0.05) is 18.8 Å². The van der Waals surface area contributed by atoms with Crippen LogP contribution < -0.4 is 10.6 Å². The average Bonchev–Trinajstić information content (AvgIpc) is 2.48. The van der Waals surface area contributed by atoms with E-state index in [1.54, 1.807) is 0 Å². The van der Waals surface area contributed by atoms with E-state index in [0.717, 1.165) is 12.2 Å². The van der Waals surface area contributed by atoms with Gasteiger partial charge in [-0.3, -0.25) is 4.79 Å². The summed E-state index contributed by atoms with van der Waals surface area (Å²) in [4.78, 5) is 12.5. The Labute approximate surface area is 119 Å². The Morgan fingerprint density at radius 3 is 2.75 bits per heavy atom. The first kappa shape index (κ1) is 12.9. The highest BCUT2D eigenvalue weighted by Gasteiger charge is 2.27. The molecule has 0 radical (unpaired) electrons. The summed E-state index contributed by atoms with van der Waals surface area (Å²) in [6.07, 6.45) is 0. The van der Waals surface area contributed by atoms with Crippen molar-refractivity contribution in [3.63, 3.8) is 0 Å². The van der Waals surface area contributed by atoms with Crippen molar-refractivity contribution in [3.8, 4) is 0 Å². The van der Waals surface area contributed by atoms with Crippen LogP contribution in [0.2, 0.25) is 0 Å². The van der Waals surface area contributed by atoms with Crippen LogP contribution in [0.3, 0.4) is 0 Å². The van der Waals surface area contributed by atoms with Gasteiger partial charge in [0.05, 0.1) is 5.92 Å². The number of hydrogen-bond donors (Lipinski definition) is 2. The van der Waals surface area contributed by atoms with Crippen LogP contribution >= 0.6 is 0 Å². The molecule has 0 aliphatic carbocycles. The first-order valence-electron chi connectivity index (χ1n) is 6.91. The van der Waals surface area contributed by atoms with Crippen molar-refractivity contribution in [3.05, 3.63) is 65.2 Å². The van der Waals surface area contributed by atoms with Crippen molar-refractivity contribution in [1.82, 2.24) is 5.32 Å². The number of anilines is 1. The van der Waals surface area contributed by atoms with Crippen LogP contribution in [0.25, 0.3) is 0 Å². The molecule has 0 saturated carbocycles. The number of carbonyl (C=O) groups excluding carboxylic acids is 1. The van der Waals surface area contributed by atoms with Gasteiger partial charge in [-0.1, -0.05) is 36.4 Å². The topological polar surface area (TPSA) is 41.1 Å². The molecule has 1 aliphatic heterocycles. The average molecular weight is 266 g/mol. The molecule has 1 unspecified atom stereocenters. The number of amides is 1. The van der Waals surface area contributed by atoms with E-state index in [1.165, 1.54) is 16.7 Å². The lowest BCUT2D eigenvalue weighted by Crippen LogP contribution is -2.36. The molecule has 0 spiro atoms. The number of fused-ring (bicyclic) bond motifs is 1. The lowest BCUT2D eigenvalue weighted by Gasteiger charge is -2.27. The summed E-state index contributed by atoms with van der Waals surface area (Å²) in [6, 6.07) is 15.8. The summed E-state index contributed by atoms with van der Waals surface area (Å²) in [5.41, 5.74) is 4.44. The number of nitrogens with one attached hydrogen (secondary N) is 2. The van der Waals surface area contributed by atoms with Crippen molar-refractivity contribution in [2.75, 3.05) is 11.9 Å². The molecule has 20 heavy (non-hydrogen) atoms. The molecule has 2 aromatic rings. The molecule has 2 aromatic carbocycles. The summed E-state index contributed by atoms with van der Waals surface area (Å²) in [5, 5.41) is 6.32. The second-order valence-electron chi connectivity index (χ2n) is 5.19. The maximum absolute atomic E-state index is 12.5. The van der Waals surface area contributed by atoms with Gasteiger partial charge in [-0.25, -0.2) is 0 Å². The highest BCUT2D eigenvalue weighted by Crippen LogP contribution is 2.28. The smallest absolute Gasteiger partial charge is 0.233 e. The van der Waals surface area contributed by atoms with E-state index in [1.807, 2.05) is 36.4 Å². The second kappa shape index (κ2) is 5.47. The minimum atomic E-state index is -0.125. The molecule has 102 valence electrons. The monoisotopic (exact) mass is 266 g/mol. The van der Waals surface area contributed by atoms with Crippen LogP contribution in [-0.2, 0) is 11.3 Å². The molecule has 3 heteroatoms. The lowest BCUT2D eigenvalue weighted by molar-refractivity contribution is -0.117. The maximum Gasteiger partial charge on any atom is 0.233 e. The summed E-state index contributed by atoms with van der Waals surface area (Å²) in [6.45, 7) is 3.61. The van der Waals surface area contributed by atoms with Crippen molar-refractivity contribution in [1.29, 1.82) is 0 Å². The highest BCUT2D eigenvalue weighted by molar-refractivity contribution is 5.96. The van der Waals surface area contributed by atoms with Crippen LogP contribution in [0, 0.1) is 6.92 Å². The minimum absolute atomic E-state index is 0.0546. The summed E-state index contributed by atoms with van der Waals surface area (Å²) < 4.78 is 0. The van der Waals surface area contributed by atoms with Crippen molar-refractivity contribution >= 4 is 11.6 Å². The third-order valence-electron chi connectivity index (χ3n) is 3.78. The van der Waals surface area contributed by atoms with Crippen LogP contribution in [0.1, 0.15) is 22.6 Å². The van der Waals surface area contributed by atoms with E-state index in [-0.39, 0.29) is 11.8 Å². The van der Waals surface area contributed by atoms with Crippen LogP contribution in [0.4, 0.5) is 5.69 Å². The third kappa shape index (κ3) is 2.45. The summed E-state index contributed by atoms with van der Waals surface area (Å²) >= 11 is 0. The van der Waals surface area contributed by atoms with Gasteiger partial charge >= 0.3 is 0 Å². The molecule has 0 fully saturated rings. The maximum atomic E-state index is 12.5. The largest absolute Gasteiger partial charge is 0.326 e. The van der Waals surface area contributed by atoms with Crippen molar-refractivity contribution in [2.24, 2.45) is 0 Å². The molecule has 3 rings (SSSR count). The molecule has 1 aliphatic rings. The first-order chi connectivity index (χ1) is 9.75. The Morgan fingerprint density at radius 1 is 1.15 bits per heavy atom. The fourth-order valence-electron chi connectivity index (χ4n) is 2.82. The molecule has 0 bridgehead atoms. The fraction of sp³-hybridized carbons (Fsp3) is 0.235. The Balaban J connectivity index is 1.87. The van der Waals surface area contributed by atoms with Gasteiger partial charge < -0.3 is 10.6 Å². The number of aryl methyl sites for hydroxylation is 1. The van der Waals surface area contributed by atoms with Gasteiger partial charge in [-0.15, -0.1) is 0 Å². The molecule has 1 amide bonds. The standard InChI is InChI=1S/C17H18N2O/c1-12-6-5-7-13-10-18-11-15(16(12)13)17(20)19-14-8-3-2-4-9-14/h2-9,15,18H,10-11H2,1H3,(H,19,20). The van der Waals surface area contributed by atoms with Crippen LogP contribution in [0.5, 0.6) is 0 Å². The zero-order valence-electron chi connectivity index (χ0n) is 11.5. The molecule has 1 atom stereocenters. The SMILES string of the molecule is Cc1cccc2c1C(C(=O)Nc1ccccc1)CNC2. The number of benzene rings is 2. The summed E-state index contributed by atoms with van der Waals surface area (Å²) in [5.74, 6) is -0.0703. The van der Waals surface area contributed by atoms with Gasteiger partial charge in [0.1, 0.15) is 0 Å². The van der Waals surface area contributed by atoms with Gasteiger partial charge in [0.15, 0.2) is 0 Å². The number of hydrogen-bond acceptors (Lipinski definition) is 2. The van der Waals surface area contributed by atoms with E-state index in [9.17, 15) is 4.79 Å². The Kier molecular flexibility index (Phi) is 3.52. The summed E-state index contributed by atoms with van der Waals surface area (Å²) in [7, 11) is 0. The molecular weight excluding hydrogens is 248 g/mol. The van der Waals surface area contributed by atoms with E-state index < -0.39 is 0 Å². The van der Waals surface area contributed by atoms with E-state index >= 15 is 0 Å². The zero-order chi connectivity index (χ0) is 13.9. The van der Waals surface area contributed by atoms with Gasteiger partial charge in [0.25, 0.3) is 0 Å². The van der Waals surface area contributed by atoms with Crippen LogP contribution in [0.15, 0.2) is 48.5 Å². The zero-order valence-corrected chi connectivity index (χ0v) is 11.5.